The van der Waals surface area contributed by atoms with Gasteiger partial charge in [0, 0.05) is 25.9 Å². The van der Waals surface area contributed by atoms with Gasteiger partial charge in [-0.2, -0.15) is 0 Å². The molecule has 0 saturated carbocycles. The van der Waals surface area contributed by atoms with E-state index in [9.17, 15) is 4.79 Å². The number of aromatic nitrogens is 1. The van der Waals surface area contributed by atoms with Gasteiger partial charge in [0.05, 0.1) is 10.6 Å². The molecule has 0 aliphatic rings. The van der Waals surface area contributed by atoms with Crippen LogP contribution in [-0.4, -0.2) is 16.0 Å². The molecule has 2 heterocycles. The Balaban J connectivity index is 1.21. The van der Waals surface area contributed by atoms with E-state index in [-0.39, 0.29) is 5.11 Å². The number of thiocarbonyl (C=S) groups is 1. The fraction of sp³-hybridized carbons (Fsp3) is 0. The Hall–Kier alpha value is -3.18. The molecule has 184 valence electrons. The first-order valence-corrected chi connectivity index (χ1v) is 13.1. The molecule has 3 aromatic carbocycles. The minimum atomic E-state index is -0.403. The Labute approximate surface area is 240 Å². The molecule has 0 aliphatic heterocycles. The molecule has 0 atom stereocenters. The standard InChI is InChI=1S/C27H16Cl2IN3O3S/c28-16-3-1-15(2-4-16)23-11-7-19(35-23)8-12-25(34)33-27(37)31-18-6-10-24-22(14-18)32-26(36-24)20-13-17(30)5-9-21(20)29/h1-14H,(H2,31,33,34,37). The monoisotopic (exact) mass is 659 g/mol. The second-order valence-corrected chi connectivity index (χ2v) is 10.3. The van der Waals surface area contributed by atoms with Crippen LogP contribution in [0.25, 0.3) is 40.0 Å². The highest BCUT2D eigenvalue weighted by molar-refractivity contribution is 14.1. The lowest BCUT2D eigenvalue weighted by molar-refractivity contribution is -0.115. The van der Waals surface area contributed by atoms with Crippen molar-refractivity contribution in [1.82, 2.24) is 10.3 Å². The molecular weight excluding hydrogens is 644 g/mol. The SMILES string of the molecule is O=C(C=Cc1ccc(-c2ccc(Cl)cc2)o1)NC(=S)Nc1ccc2oc(-c3cc(I)ccc3Cl)nc2c1. The van der Waals surface area contributed by atoms with E-state index in [1.54, 1.807) is 48.5 Å². The van der Waals surface area contributed by atoms with Crippen LogP contribution < -0.4 is 10.6 Å². The van der Waals surface area contributed by atoms with Gasteiger partial charge in [0.15, 0.2) is 10.7 Å². The second-order valence-electron chi connectivity index (χ2n) is 7.81. The van der Waals surface area contributed by atoms with Gasteiger partial charge < -0.3 is 14.2 Å². The van der Waals surface area contributed by atoms with E-state index >= 15 is 0 Å². The number of halogens is 3. The van der Waals surface area contributed by atoms with Crippen LogP contribution in [-0.2, 0) is 4.79 Å². The van der Waals surface area contributed by atoms with Crippen LogP contribution >= 0.6 is 58.0 Å². The molecule has 5 aromatic rings. The lowest BCUT2D eigenvalue weighted by atomic mass is 10.2. The molecule has 0 radical (unpaired) electrons. The van der Waals surface area contributed by atoms with Gasteiger partial charge in [-0.1, -0.05) is 23.2 Å². The van der Waals surface area contributed by atoms with E-state index in [1.165, 1.54) is 6.08 Å². The Morgan fingerprint density at radius 2 is 1.78 bits per heavy atom. The quantitative estimate of drug-likeness (QED) is 0.113. The minimum absolute atomic E-state index is 0.139. The maximum atomic E-state index is 12.3. The number of hydrogen-bond donors (Lipinski definition) is 2. The number of carbonyl (C=O) groups is 1. The number of furan rings is 1. The fourth-order valence-electron chi connectivity index (χ4n) is 3.47. The number of amides is 1. The van der Waals surface area contributed by atoms with Crippen molar-refractivity contribution in [3.05, 3.63) is 98.2 Å². The Morgan fingerprint density at radius 3 is 2.59 bits per heavy atom. The summed E-state index contributed by atoms with van der Waals surface area (Å²) >= 11 is 19.7. The van der Waals surface area contributed by atoms with Gasteiger partial charge in [-0.25, -0.2) is 4.98 Å². The average Bonchev–Trinajstić information content (AvgIpc) is 3.51. The number of nitrogens with zero attached hydrogens (tertiary/aromatic N) is 1. The molecular formula is C27H16Cl2IN3O3S. The smallest absolute Gasteiger partial charge is 0.250 e. The number of oxazole rings is 1. The topological polar surface area (TPSA) is 80.3 Å². The lowest BCUT2D eigenvalue weighted by Crippen LogP contribution is -2.32. The molecule has 5 rings (SSSR count). The van der Waals surface area contributed by atoms with Crippen LogP contribution in [0.2, 0.25) is 10.0 Å². The van der Waals surface area contributed by atoms with Crippen LogP contribution in [0.15, 0.2) is 87.7 Å². The van der Waals surface area contributed by atoms with Crippen molar-refractivity contribution >= 4 is 91.9 Å². The molecule has 0 saturated heterocycles. The Bertz CT molecular complexity index is 1660. The summed E-state index contributed by atoms with van der Waals surface area (Å²) in [6, 6.07) is 21.9. The summed E-state index contributed by atoms with van der Waals surface area (Å²) in [4.78, 5) is 16.9. The van der Waals surface area contributed by atoms with E-state index in [0.29, 0.717) is 49.8 Å². The predicted molar refractivity (Wildman–Crippen MR) is 160 cm³/mol. The molecule has 0 unspecified atom stereocenters. The van der Waals surface area contributed by atoms with Gasteiger partial charge in [0.2, 0.25) is 11.8 Å². The number of carbonyl (C=O) groups excluding carboxylic acids is 1. The maximum absolute atomic E-state index is 12.3. The van der Waals surface area contributed by atoms with Crippen molar-refractivity contribution in [2.75, 3.05) is 5.32 Å². The molecule has 10 heteroatoms. The first-order valence-electron chi connectivity index (χ1n) is 10.9. The lowest BCUT2D eigenvalue weighted by Gasteiger charge is -2.07. The summed E-state index contributed by atoms with van der Waals surface area (Å²) in [7, 11) is 0. The highest BCUT2D eigenvalue weighted by atomic mass is 127. The van der Waals surface area contributed by atoms with Crippen LogP contribution in [0.5, 0.6) is 0 Å². The average molecular weight is 660 g/mol. The number of anilines is 1. The number of hydrogen-bond acceptors (Lipinski definition) is 5. The summed E-state index contributed by atoms with van der Waals surface area (Å²) < 4.78 is 12.7. The highest BCUT2D eigenvalue weighted by Crippen LogP contribution is 2.32. The maximum Gasteiger partial charge on any atom is 0.250 e. The van der Waals surface area contributed by atoms with Crippen molar-refractivity contribution < 1.29 is 13.6 Å². The molecule has 0 fully saturated rings. The van der Waals surface area contributed by atoms with E-state index < -0.39 is 5.91 Å². The molecule has 2 N–H and O–H groups in total. The minimum Gasteiger partial charge on any atom is -0.457 e. The van der Waals surface area contributed by atoms with Gasteiger partial charge in [-0.15, -0.1) is 0 Å². The van der Waals surface area contributed by atoms with E-state index in [1.807, 2.05) is 30.3 Å². The number of benzene rings is 3. The third-order valence-corrected chi connectivity index (χ3v) is 6.65. The predicted octanol–water partition coefficient (Wildman–Crippen LogP) is 8.19. The third kappa shape index (κ3) is 6.22. The summed E-state index contributed by atoms with van der Waals surface area (Å²) in [5.74, 6) is 1.22. The van der Waals surface area contributed by atoms with E-state index in [2.05, 4.69) is 38.2 Å². The fourth-order valence-corrected chi connectivity index (χ4v) is 4.50. The molecule has 0 aliphatic carbocycles. The molecule has 0 spiro atoms. The van der Waals surface area contributed by atoms with Crippen molar-refractivity contribution in [2.45, 2.75) is 0 Å². The van der Waals surface area contributed by atoms with Gasteiger partial charge in [0.25, 0.3) is 0 Å². The molecule has 37 heavy (non-hydrogen) atoms. The highest BCUT2D eigenvalue weighted by Gasteiger charge is 2.13. The third-order valence-electron chi connectivity index (χ3n) is 5.20. The van der Waals surface area contributed by atoms with Crippen molar-refractivity contribution in [3.8, 4) is 22.8 Å². The molecule has 1 amide bonds. The number of rotatable bonds is 5. The zero-order valence-electron chi connectivity index (χ0n) is 18.8. The normalized spacial score (nSPS) is 11.2. The van der Waals surface area contributed by atoms with E-state index in [0.717, 1.165) is 9.13 Å². The van der Waals surface area contributed by atoms with Crippen LogP contribution in [0.4, 0.5) is 5.69 Å². The summed E-state index contributed by atoms with van der Waals surface area (Å²) in [5, 5.41) is 6.94. The summed E-state index contributed by atoms with van der Waals surface area (Å²) in [6.07, 6.45) is 2.91. The first kappa shape index (κ1) is 25.5. The van der Waals surface area contributed by atoms with E-state index in [4.69, 9.17) is 44.3 Å². The van der Waals surface area contributed by atoms with Crippen LogP contribution in [0.3, 0.4) is 0 Å². The largest absolute Gasteiger partial charge is 0.457 e. The summed E-state index contributed by atoms with van der Waals surface area (Å²) in [5.41, 5.74) is 3.47. The van der Waals surface area contributed by atoms with Gasteiger partial charge >= 0.3 is 0 Å². The van der Waals surface area contributed by atoms with Crippen LogP contribution in [0.1, 0.15) is 5.76 Å². The number of nitrogens with one attached hydrogen (secondary N) is 2. The zero-order chi connectivity index (χ0) is 25.9. The molecule has 2 aromatic heterocycles. The van der Waals surface area contributed by atoms with Crippen molar-refractivity contribution in [3.63, 3.8) is 0 Å². The molecule has 6 nitrogen and oxygen atoms in total. The van der Waals surface area contributed by atoms with Crippen LogP contribution in [0, 0.1) is 3.57 Å². The van der Waals surface area contributed by atoms with Crippen molar-refractivity contribution in [1.29, 1.82) is 0 Å². The first-order chi connectivity index (χ1) is 17.8. The van der Waals surface area contributed by atoms with Gasteiger partial charge in [-0.05, 0) is 114 Å². The second kappa shape index (κ2) is 11.1. The number of fused-ring (bicyclic) bond motifs is 1. The summed E-state index contributed by atoms with van der Waals surface area (Å²) in [6.45, 7) is 0. The van der Waals surface area contributed by atoms with Crippen molar-refractivity contribution in [2.24, 2.45) is 0 Å². The van der Waals surface area contributed by atoms with Gasteiger partial charge in [-0.3, -0.25) is 10.1 Å². The van der Waals surface area contributed by atoms with Gasteiger partial charge in [0.1, 0.15) is 17.0 Å². The molecule has 0 bridgehead atoms. The Morgan fingerprint density at radius 1 is 0.973 bits per heavy atom. The zero-order valence-corrected chi connectivity index (χ0v) is 23.3. The Kier molecular flexibility index (Phi) is 7.61.